The Morgan fingerprint density at radius 2 is 1.82 bits per heavy atom. The summed E-state index contributed by atoms with van der Waals surface area (Å²) in [5.41, 5.74) is -1.02. The fourth-order valence-corrected chi connectivity index (χ4v) is 6.39. The number of rotatable bonds is 8. The van der Waals surface area contributed by atoms with Gasteiger partial charge in [0.2, 0.25) is 21.8 Å². The van der Waals surface area contributed by atoms with Gasteiger partial charge in [-0.25, -0.2) is 8.42 Å². The monoisotopic (exact) mass is 481 g/mol. The second kappa shape index (κ2) is 9.89. The van der Waals surface area contributed by atoms with Gasteiger partial charge in [0.1, 0.15) is 28.0 Å². The average Bonchev–Trinajstić information content (AvgIpc) is 2.80. The zero-order valence-corrected chi connectivity index (χ0v) is 20.9. The minimum Gasteiger partial charge on any atom is -0.497 e. The summed E-state index contributed by atoms with van der Waals surface area (Å²) < 4.78 is 38.7. The second-order valence-electron chi connectivity index (χ2n) is 9.10. The molecule has 0 radical (unpaired) electrons. The van der Waals surface area contributed by atoms with Crippen LogP contribution in [0.1, 0.15) is 46.5 Å². The molecule has 1 aromatic carbocycles. The number of benzene rings is 1. The van der Waals surface area contributed by atoms with Crippen LogP contribution in [0.5, 0.6) is 11.5 Å². The molecule has 1 atom stereocenters. The van der Waals surface area contributed by atoms with E-state index in [1.807, 2.05) is 20.8 Å². The van der Waals surface area contributed by atoms with Crippen molar-refractivity contribution in [3.05, 3.63) is 18.2 Å². The molecule has 2 saturated heterocycles. The van der Waals surface area contributed by atoms with E-state index < -0.39 is 21.6 Å². The maximum Gasteiger partial charge on any atom is 0.246 e. The fraction of sp³-hybridized carbons (Fsp3) is 0.652. The molecule has 2 amide bonds. The van der Waals surface area contributed by atoms with E-state index in [-0.39, 0.29) is 54.3 Å². The van der Waals surface area contributed by atoms with Gasteiger partial charge in [0.05, 0.1) is 14.2 Å². The lowest BCUT2D eigenvalue weighted by molar-refractivity contribution is -0.160. The topological polar surface area (TPSA) is 105 Å². The third-order valence-electron chi connectivity index (χ3n) is 6.50. The van der Waals surface area contributed by atoms with E-state index in [1.165, 1.54) is 24.6 Å². The number of carbonyl (C=O) groups is 2. The molecule has 2 aliphatic rings. The largest absolute Gasteiger partial charge is 0.497 e. The molecule has 33 heavy (non-hydrogen) atoms. The highest BCUT2D eigenvalue weighted by molar-refractivity contribution is 7.89. The molecule has 10 heteroatoms. The van der Waals surface area contributed by atoms with E-state index in [1.54, 1.807) is 17.0 Å². The van der Waals surface area contributed by atoms with Crippen molar-refractivity contribution in [2.45, 2.75) is 62.9 Å². The summed E-state index contributed by atoms with van der Waals surface area (Å²) >= 11 is 0. The van der Waals surface area contributed by atoms with E-state index in [0.29, 0.717) is 18.7 Å². The van der Waals surface area contributed by atoms with Crippen LogP contribution in [0, 0.1) is 5.92 Å². The predicted molar refractivity (Wildman–Crippen MR) is 124 cm³/mol. The van der Waals surface area contributed by atoms with Gasteiger partial charge in [-0.15, -0.1) is 0 Å². The molecule has 1 spiro atoms. The van der Waals surface area contributed by atoms with E-state index in [0.717, 1.165) is 6.42 Å². The van der Waals surface area contributed by atoms with Gasteiger partial charge in [0.15, 0.2) is 0 Å². The number of hydrogen-bond acceptors (Lipinski definition) is 6. The van der Waals surface area contributed by atoms with Gasteiger partial charge in [-0.3, -0.25) is 9.59 Å². The van der Waals surface area contributed by atoms with Crippen LogP contribution in [0.4, 0.5) is 0 Å². The number of nitrogens with one attached hydrogen (secondary N) is 1. The first kappa shape index (κ1) is 25.3. The molecule has 1 unspecified atom stereocenters. The van der Waals surface area contributed by atoms with Crippen molar-refractivity contribution in [1.82, 2.24) is 14.5 Å². The standard InChI is InChI=1S/C23H35N3O6S/c1-6-11-26-21(27)18(14-16(2)3)24-22(28)23(26)9-12-25(13-10-23)33(29,30)20-15-17(31-4)7-8-19(20)32-5/h7-8,15-16,18H,6,9-14H2,1-5H3,(H,24,28). The number of piperidine rings is 1. The lowest BCUT2D eigenvalue weighted by Crippen LogP contribution is -2.73. The van der Waals surface area contributed by atoms with Crippen LogP contribution in [-0.4, -0.2) is 74.9 Å². The molecular weight excluding hydrogens is 446 g/mol. The molecule has 9 nitrogen and oxygen atoms in total. The normalized spacial score (nSPS) is 21.4. The van der Waals surface area contributed by atoms with Gasteiger partial charge >= 0.3 is 0 Å². The van der Waals surface area contributed by atoms with E-state index >= 15 is 0 Å². The van der Waals surface area contributed by atoms with Crippen molar-refractivity contribution in [3.8, 4) is 11.5 Å². The van der Waals surface area contributed by atoms with E-state index in [4.69, 9.17) is 9.47 Å². The van der Waals surface area contributed by atoms with Crippen LogP contribution >= 0.6 is 0 Å². The smallest absolute Gasteiger partial charge is 0.246 e. The number of piperazine rings is 1. The predicted octanol–water partition coefficient (Wildman–Crippen LogP) is 2.01. The number of amides is 2. The number of methoxy groups -OCH3 is 2. The summed E-state index contributed by atoms with van der Waals surface area (Å²) in [5, 5.41) is 2.93. The highest BCUT2D eigenvalue weighted by atomic mass is 32.2. The lowest BCUT2D eigenvalue weighted by atomic mass is 9.81. The Morgan fingerprint density at radius 3 is 2.36 bits per heavy atom. The number of hydrogen-bond donors (Lipinski definition) is 1. The molecule has 3 rings (SSSR count). The number of sulfonamides is 1. The molecule has 2 heterocycles. The van der Waals surface area contributed by atoms with Crippen LogP contribution in [0.15, 0.2) is 23.1 Å². The summed E-state index contributed by atoms with van der Waals surface area (Å²) in [6, 6.07) is 4.10. The van der Waals surface area contributed by atoms with Crippen LogP contribution in [0.25, 0.3) is 0 Å². The first-order valence-corrected chi connectivity index (χ1v) is 12.9. The molecular formula is C23H35N3O6S. The fourth-order valence-electron chi connectivity index (χ4n) is 4.77. The Hall–Kier alpha value is -2.33. The van der Waals surface area contributed by atoms with Crippen molar-refractivity contribution in [2.24, 2.45) is 5.92 Å². The summed E-state index contributed by atoms with van der Waals surface area (Å²) in [6.45, 7) is 6.72. The minimum absolute atomic E-state index is 0.0203. The van der Waals surface area contributed by atoms with Gasteiger partial charge < -0.3 is 19.7 Å². The first-order valence-electron chi connectivity index (χ1n) is 11.4. The Labute approximate surface area is 196 Å². The molecule has 184 valence electrons. The van der Waals surface area contributed by atoms with Gasteiger partial charge in [-0.2, -0.15) is 4.31 Å². The van der Waals surface area contributed by atoms with Crippen molar-refractivity contribution in [3.63, 3.8) is 0 Å². The van der Waals surface area contributed by atoms with Gasteiger partial charge in [-0.1, -0.05) is 20.8 Å². The molecule has 0 aromatic heterocycles. The van der Waals surface area contributed by atoms with Crippen LogP contribution in [-0.2, 0) is 19.6 Å². The van der Waals surface area contributed by atoms with E-state index in [9.17, 15) is 18.0 Å². The van der Waals surface area contributed by atoms with Crippen LogP contribution in [0.2, 0.25) is 0 Å². The second-order valence-corrected chi connectivity index (χ2v) is 11.0. The van der Waals surface area contributed by atoms with Crippen LogP contribution in [0.3, 0.4) is 0 Å². The summed E-state index contributed by atoms with van der Waals surface area (Å²) in [6.07, 6.45) is 1.78. The van der Waals surface area contributed by atoms with Crippen molar-refractivity contribution >= 4 is 21.8 Å². The highest BCUT2D eigenvalue weighted by Gasteiger charge is 2.54. The summed E-state index contributed by atoms with van der Waals surface area (Å²) in [4.78, 5) is 28.3. The Bertz CT molecular complexity index is 986. The Balaban J connectivity index is 1.87. The molecule has 0 aliphatic carbocycles. The number of nitrogens with zero attached hydrogens (tertiary/aromatic N) is 2. The van der Waals surface area contributed by atoms with Crippen molar-refractivity contribution < 1.29 is 27.5 Å². The van der Waals surface area contributed by atoms with E-state index in [2.05, 4.69) is 5.32 Å². The molecule has 1 aromatic rings. The number of carbonyl (C=O) groups excluding carboxylic acids is 2. The van der Waals surface area contributed by atoms with Crippen molar-refractivity contribution in [1.29, 1.82) is 0 Å². The Morgan fingerprint density at radius 1 is 1.15 bits per heavy atom. The van der Waals surface area contributed by atoms with Gasteiger partial charge in [-0.05, 0) is 43.7 Å². The average molecular weight is 482 g/mol. The quantitative estimate of drug-likeness (QED) is 0.609. The minimum atomic E-state index is -3.89. The third-order valence-corrected chi connectivity index (χ3v) is 8.42. The number of ether oxygens (including phenoxy) is 2. The SMILES string of the molecule is CCCN1C(=O)C(CC(C)C)NC(=O)C12CCN(S(=O)(=O)c1cc(OC)ccc1OC)CC2. The molecule has 0 bridgehead atoms. The molecule has 0 saturated carbocycles. The molecule has 2 aliphatic heterocycles. The van der Waals surface area contributed by atoms with Gasteiger partial charge in [0.25, 0.3) is 0 Å². The molecule has 2 fully saturated rings. The summed E-state index contributed by atoms with van der Waals surface area (Å²) in [5.74, 6) is 0.644. The molecule has 1 N–H and O–H groups in total. The zero-order valence-electron chi connectivity index (χ0n) is 20.1. The summed E-state index contributed by atoms with van der Waals surface area (Å²) in [7, 11) is -1.00. The lowest BCUT2D eigenvalue weighted by Gasteiger charge is -2.51. The zero-order chi connectivity index (χ0) is 24.4. The highest BCUT2D eigenvalue weighted by Crippen LogP contribution is 2.37. The van der Waals surface area contributed by atoms with Gasteiger partial charge in [0, 0.05) is 25.7 Å². The Kier molecular flexibility index (Phi) is 7.58. The maximum absolute atomic E-state index is 13.4. The first-order chi connectivity index (χ1) is 15.6. The maximum atomic E-state index is 13.4. The van der Waals surface area contributed by atoms with Crippen molar-refractivity contribution in [2.75, 3.05) is 33.9 Å². The third kappa shape index (κ3) is 4.68. The van der Waals surface area contributed by atoms with Crippen LogP contribution < -0.4 is 14.8 Å².